The van der Waals surface area contributed by atoms with E-state index in [1.165, 1.54) is 11.8 Å². The third-order valence-corrected chi connectivity index (χ3v) is 2.96. The van der Waals surface area contributed by atoms with Crippen molar-refractivity contribution in [1.82, 2.24) is 0 Å². The molecular weight excluding hydrogens is 253 g/mol. The van der Waals surface area contributed by atoms with Gasteiger partial charge in [-0.2, -0.15) is 0 Å². The van der Waals surface area contributed by atoms with Crippen molar-refractivity contribution in [3.63, 3.8) is 0 Å². The molecule has 1 unspecified atom stereocenters. The van der Waals surface area contributed by atoms with Gasteiger partial charge in [0.25, 0.3) is 0 Å². The number of aliphatic hydroxyl groups excluding tert-OH is 1. The van der Waals surface area contributed by atoms with Crippen LogP contribution in [0.4, 0.5) is 13.2 Å². The van der Waals surface area contributed by atoms with Crippen LogP contribution in [0.25, 0.3) is 0 Å². The van der Waals surface area contributed by atoms with Gasteiger partial charge in [0.15, 0.2) is 0 Å². The smallest absolute Gasteiger partial charge is 0.389 e. The van der Waals surface area contributed by atoms with Crippen LogP contribution < -0.4 is 0 Å². The normalized spacial score (nSPS) is 13.7. The zero-order valence-electron chi connectivity index (χ0n) is 9.20. The minimum Gasteiger partial charge on any atom is -0.389 e. The van der Waals surface area contributed by atoms with E-state index in [0.717, 1.165) is 10.5 Å². The second-order valence-electron chi connectivity index (χ2n) is 3.39. The standard InChI is InChI=1S/C11H13F3O2S/c1-8(15)9-2-4-10(5-3-9)17-7-6-16-11(12,13)14/h2-5,8,15H,6-7H2,1H3. The first-order valence-electron chi connectivity index (χ1n) is 5.00. The summed E-state index contributed by atoms with van der Waals surface area (Å²) in [4.78, 5) is 0.847. The number of hydrogen-bond donors (Lipinski definition) is 1. The van der Waals surface area contributed by atoms with Crippen LogP contribution in [-0.2, 0) is 4.74 Å². The van der Waals surface area contributed by atoms with Crippen molar-refractivity contribution < 1.29 is 23.0 Å². The van der Waals surface area contributed by atoms with E-state index in [4.69, 9.17) is 0 Å². The largest absolute Gasteiger partial charge is 0.522 e. The molecule has 0 saturated heterocycles. The van der Waals surface area contributed by atoms with E-state index in [1.54, 1.807) is 31.2 Å². The van der Waals surface area contributed by atoms with Crippen molar-refractivity contribution >= 4 is 11.8 Å². The average Bonchev–Trinajstić information content (AvgIpc) is 2.24. The molecule has 6 heteroatoms. The molecule has 0 aliphatic carbocycles. The first kappa shape index (κ1) is 14.3. The highest BCUT2D eigenvalue weighted by atomic mass is 32.2. The number of thioether (sulfide) groups is 1. The molecule has 0 aliphatic rings. The molecular formula is C11H13F3O2S. The highest BCUT2D eigenvalue weighted by molar-refractivity contribution is 7.99. The number of hydrogen-bond acceptors (Lipinski definition) is 3. The third kappa shape index (κ3) is 5.95. The van der Waals surface area contributed by atoms with Gasteiger partial charge in [0.1, 0.15) is 0 Å². The molecule has 1 aromatic carbocycles. The van der Waals surface area contributed by atoms with Crippen molar-refractivity contribution in [1.29, 1.82) is 0 Å². The van der Waals surface area contributed by atoms with Gasteiger partial charge in [-0.1, -0.05) is 12.1 Å². The Hall–Kier alpha value is -0.720. The second kappa shape index (κ2) is 6.28. The molecule has 2 nitrogen and oxygen atoms in total. The van der Waals surface area contributed by atoms with Gasteiger partial charge in [-0.3, -0.25) is 4.74 Å². The maximum Gasteiger partial charge on any atom is 0.522 e. The van der Waals surface area contributed by atoms with E-state index >= 15 is 0 Å². The van der Waals surface area contributed by atoms with Gasteiger partial charge in [0.05, 0.1) is 12.7 Å². The molecule has 0 spiro atoms. The van der Waals surface area contributed by atoms with Crippen LogP contribution in [0.15, 0.2) is 29.2 Å². The van der Waals surface area contributed by atoms with Crippen LogP contribution in [0.3, 0.4) is 0 Å². The molecule has 0 heterocycles. The summed E-state index contributed by atoms with van der Waals surface area (Å²) in [5.74, 6) is 0.230. The van der Waals surface area contributed by atoms with Gasteiger partial charge in [-0.15, -0.1) is 24.9 Å². The molecule has 17 heavy (non-hydrogen) atoms. The summed E-state index contributed by atoms with van der Waals surface area (Å²) in [5.41, 5.74) is 0.779. The second-order valence-corrected chi connectivity index (χ2v) is 4.56. The van der Waals surface area contributed by atoms with E-state index < -0.39 is 12.5 Å². The number of halogens is 3. The molecule has 1 atom stereocenters. The Balaban J connectivity index is 2.33. The van der Waals surface area contributed by atoms with E-state index in [2.05, 4.69) is 4.74 Å². The molecule has 1 rings (SSSR count). The molecule has 0 aromatic heterocycles. The number of benzene rings is 1. The third-order valence-electron chi connectivity index (χ3n) is 1.98. The van der Waals surface area contributed by atoms with Crippen LogP contribution in [0.1, 0.15) is 18.6 Å². The highest BCUT2D eigenvalue weighted by Crippen LogP contribution is 2.22. The van der Waals surface area contributed by atoms with Crippen molar-refractivity contribution in [3.8, 4) is 0 Å². The summed E-state index contributed by atoms with van der Waals surface area (Å²) >= 11 is 1.27. The van der Waals surface area contributed by atoms with Gasteiger partial charge in [0, 0.05) is 10.6 Å². The van der Waals surface area contributed by atoms with Crippen molar-refractivity contribution in [2.45, 2.75) is 24.3 Å². The molecule has 1 N–H and O–H groups in total. The van der Waals surface area contributed by atoms with E-state index in [9.17, 15) is 18.3 Å². The van der Waals surface area contributed by atoms with Crippen molar-refractivity contribution in [3.05, 3.63) is 29.8 Å². The lowest BCUT2D eigenvalue weighted by Gasteiger charge is -2.08. The van der Waals surface area contributed by atoms with Crippen molar-refractivity contribution in [2.24, 2.45) is 0 Å². The molecule has 0 fully saturated rings. The first-order chi connectivity index (χ1) is 7.88. The summed E-state index contributed by atoms with van der Waals surface area (Å²) in [6.07, 6.45) is -5.10. The summed E-state index contributed by atoms with van der Waals surface area (Å²) in [5, 5.41) is 9.27. The average molecular weight is 266 g/mol. The van der Waals surface area contributed by atoms with Crippen LogP contribution in [0.2, 0.25) is 0 Å². The maximum absolute atomic E-state index is 11.7. The fraction of sp³-hybridized carbons (Fsp3) is 0.455. The Bertz CT molecular complexity index is 336. The van der Waals surface area contributed by atoms with E-state index in [-0.39, 0.29) is 12.4 Å². The zero-order chi connectivity index (χ0) is 12.9. The topological polar surface area (TPSA) is 29.5 Å². The van der Waals surface area contributed by atoms with Crippen LogP contribution in [0.5, 0.6) is 0 Å². The van der Waals surface area contributed by atoms with E-state index in [0.29, 0.717) is 0 Å². The Labute approximate surface area is 102 Å². The number of ether oxygens (including phenoxy) is 1. The quantitative estimate of drug-likeness (QED) is 0.654. The minimum atomic E-state index is -4.56. The monoisotopic (exact) mass is 266 g/mol. The summed E-state index contributed by atoms with van der Waals surface area (Å²) in [6.45, 7) is 1.28. The SMILES string of the molecule is CC(O)c1ccc(SCCOC(F)(F)F)cc1. The zero-order valence-corrected chi connectivity index (χ0v) is 10.0. The lowest BCUT2D eigenvalue weighted by atomic mass is 10.1. The van der Waals surface area contributed by atoms with E-state index in [1.807, 2.05) is 0 Å². The van der Waals surface area contributed by atoms with Gasteiger partial charge in [-0.05, 0) is 24.6 Å². The Morgan fingerprint density at radius 1 is 1.29 bits per heavy atom. The number of rotatable bonds is 5. The van der Waals surface area contributed by atoms with Crippen molar-refractivity contribution in [2.75, 3.05) is 12.4 Å². The predicted octanol–water partition coefficient (Wildman–Crippen LogP) is 3.37. The molecule has 96 valence electrons. The fourth-order valence-electron chi connectivity index (χ4n) is 1.16. The predicted molar refractivity (Wildman–Crippen MR) is 59.8 cm³/mol. The van der Waals surface area contributed by atoms with Gasteiger partial charge in [0.2, 0.25) is 0 Å². The fourth-order valence-corrected chi connectivity index (χ4v) is 1.89. The van der Waals surface area contributed by atoms with Crippen LogP contribution in [-0.4, -0.2) is 23.8 Å². The highest BCUT2D eigenvalue weighted by Gasteiger charge is 2.28. The lowest BCUT2D eigenvalue weighted by Crippen LogP contribution is -2.15. The summed E-state index contributed by atoms with van der Waals surface area (Å²) in [6, 6.07) is 7.02. The Morgan fingerprint density at radius 3 is 2.35 bits per heavy atom. The van der Waals surface area contributed by atoms with Crippen LogP contribution >= 0.6 is 11.8 Å². The molecule has 0 bridgehead atoms. The minimum absolute atomic E-state index is 0.230. The lowest BCUT2D eigenvalue weighted by molar-refractivity contribution is -0.322. The number of aliphatic hydroxyl groups is 1. The Morgan fingerprint density at radius 2 is 1.88 bits per heavy atom. The van der Waals surface area contributed by atoms with Gasteiger partial charge < -0.3 is 5.11 Å². The first-order valence-corrected chi connectivity index (χ1v) is 5.98. The summed E-state index contributed by atoms with van der Waals surface area (Å²) in [7, 11) is 0. The molecule has 0 saturated carbocycles. The maximum atomic E-state index is 11.7. The molecule has 0 radical (unpaired) electrons. The van der Waals surface area contributed by atoms with Crippen LogP contribution in [0, 0.1) is 0 Å². The van der Waals surface area contributed by atoms with Gasteiger partial charge in [-0.25, -0.2) is 0 Å². The number of alkyl halides is 3. The molecule has 0 amide bonds. The molecule has 0 aliphatic heterocycles. The van der Waals surface area contributed by atoms with Gasteiger partial charge >= 0.3 is 6.36 Å². The summed E-state index contributed by atoms with van der Waals surface area (Å²) < 4.78 is 38.6. The Kier molecular flexibility index (Phi) is 5.30. The molecule has 1 aromatic rings.